The Morgan fingerprint density at radius 1 is 1.12 bits per heavy atom. The number of nitrogens with zero attached hydrogens (tertiary/aromatic N) is 2. The molecule has 0 spiro atoms. The summed E-state index contributed by atoms with van der Waals surface area (Å²) in [6.45, 7) is 2.35. The molecule has 0 fully saturated rings. The molecule has 0 saturated carbocycles. The topological polar surface area (TPSA) is 59.5 Å². The third-order valence-corrected chi connectivity index (χ3v) is 6.73. The molecular formula is C26H18Br2FN3O2. The van der Waals surface area contributed by atoms with E-state index in [-0.39, 0.29) is 11.6 Å². The number of amides is 1. The van der Waals surface area contributed by atoms with Gasteiger partial charge in [0.25, 0.3) is 0 Å². The number of benzene rings is 3. The van der Waals surface area contributed by atoms with Gasteiger partial charge in [-0.25, -0.2) is 9.82 Å². The van der Waals surface area contributed by atoms with Crippen LogP contribution < -0.4 is 5.43 Å². The van der Waals surface area contributed by atoms with Crippen molar-refractivity contribution in [1.82, 2.24) is 9.99 Å². The fourth-order valence-corrected chi connectivity index (χ4v) is 5.36. The molecule has 3 aromatic carbocycles. The summed E-state index contributed by atoms with van der Waals surface area (Å²) < 4.78 is 23.7. The lowest BCUT2D eigenvalue weighted by Gasteiger charge is -2.09. The molecule has 2 heterocycles. The third-order valence-electron chi connectivity index (χ3n) is 5.69. The lowest BCUT2D eigenvalue weighted by atomic mass is 10.1. The zero-order valence-corrected chi connectivity index (χ0v) is 21.2. The molecule has 5 rings (SSSR count). The summed E-state index contributed by atoms with van der Waals surface area (Å²) in [5.41, 5.74) is 6.46. The Morgan fingerprint density at radius 3 is 2.71 bits per heavy atom. The number of hydrogen-bond donors (Lipinski definition) is 1. The predicted molar refractivity (Wildman–Crippen MR) is 139 cm³/mol. The van der Waals surface area contributed by atoms with Crippen molar-refractivity contribution < 1.29 is 13.6 Å². The molecule has 0 radical (unpaired) electrons. The Morgan fingerprint density at radius 2 is 1.88 bits per heavy atom. The van der Waals surface area contributed by atoms with E-state index in [2.05, 4.69) is 42.4 Å². The lowest BCUT2D eigenvalue weighted by Crippen LogP contribution is -2.16. The number of furan rings is 1. The largest absolute Gasteiger partial charge is 0.450 e. The number of rotatable bonds is 5. The van der Waals surface area contributed by atoms with Crippen molar-refractivity contribution in [3.63, 3.8) is 0 Å². The van der Waals surface area contributed by atoms with Gasteiger partial charge in [0.15, 0.2) is 5.76 Å². The Bertz CT molecular complexity index is 1590. The summed E-state index contributed by atoms with van der Waals surface area (Å²) >= 11 is 6.88. The van der Waals surface area contributed by atoms with E-state index in [4.69, 9.17) is 4.42 Å². The summed E-state index contributed by atoms with van der Waals surface area (Å²) in [6, 6.07) is 20.0. The lowest BCUT2D eigenvalue weighted by molar-refractivity contribution is 0.0929. The van der Waals surface area contributed by atoms with Crippen LogP contribution in [0.25, 0.3) is 21.9 Å². The first kappa shape index (κ1) is 22.6. The maximum absolute atomic E-state index is 14.3. The van der Waals surface area contributed by atoms with Crippen LogP contribution in [-0.2, 0) is 6.54 Å². The van der Waals surface area contributed by atoms with E-state index >= 15 is 0 Å². The van der Waals surface area contributed by atoms with Gasteiger partial charge in [-0.1, -0.05) is 52.3 Å². The summed E-state index contributed by atoms with van der Waals surface area (Å²) in [6.07, 6.45) is 1.61. The van der Waals surface area contributed by atoms with Gasteiger partial charge in [0, 0.05) is 37.6 Å². The number of halogens is 3. The van der Waals surface area contributed by atoms with Crippen LogP contribution in [0.1, 0.15) is 27.4 Å². The van der Waals surface area contributed by atoms with Crippen LogP contribution in [0, 0.1) is 12.7 Å². The predicted octanol–water partition coefficient (Wildman–Crippen LogP) is 7.17. The zero-order chi connectivity index (χ0) is 23.8. The number of hydrazone groups is 1. The quantitative estimate of drug-likeness (QED) is 0.176. The van der Waals surface area contributed by atoms with Gasteiger partial charge in [-0.15, -0.1) is 0 Å². The SMILES string of the molecule is Cc1c(/C=N\NC(=O)c2cc3cc(Br)cc(Br)c3o2)c2ccccc2n1Cc1ccccc1F. The van der Waals surface area contributed by atoms with E-state index in [1.807, 2.05) is 54.0 Å². The maximum atomic E-state index is 14.3. The highest BCUT2D eigenvalue weighted by molar-refractivity contribution is 9.11. The van der Waals surface area contributed by atoms with Gasteiger partial charge in [0.05, 0.1) is 17.2 Å². The van der Waals surface area contributed by atoms with Gasteiger partial charge in [0.1, 0.15) is 11.4 Å². The van der Waals surface area contributed by atoms with Gasteiger partial charge in [-0.2, -0.15) is 5.10 Å². The summed E-state index contributed by atoms with van der Waals surface area (Å²) in [5.74, 6) is -0.542. The highest BCUT2D eigenvalue weighted by Crippen LogP contribution is 2.31. The van der Waals surface area contributed by atoms with Gasteiger partial charge >= 0.3 is 5.91 Å². The molecule has 0 aliphatic heterocycles. The molecule has 1 amide bonds. The molecule has 2 aromatic heterocycles. The summed E-state index contributed by atoms with van der Waals surface area (Å²) in [5, 5.41) is 5.94. The molecule has 1 N–H and O–H groups in total. The molecule has 0 saturated heterocycles. The van der Waals surface area contributed by atoms with Crippen LogP contribution in [0.4, 0.5) is 4.39 Å². The number of aromatic nitrogens is 1. The maximum Gasteiger partial charge on any atom is 0.307 e. The van der Waals surface area contributed by atoms with Crippen molar-refractivity contribution in [2.24, 2.45) is 5.10 Å². The van der Waals surface area contributed by atoms with E-state index in [1.54, 1.807) is 24.4 Å². The molecule has 170 valence electrons. The minimum atomic E-state index is -0.455. The second kappa shape index (κ2) is 9.19. The molecule has 0 unspecified atom stereocenters. The highest BCUT2D eigenvalue weighted by Gasteiger charge is 2.16. The van der Waals surface area contributed by atoms with E-state index < -0.39 is 5.91 Å². The fraction of sp³-hybridized carbons (Fsp3) is 0.0769. The Balaban J connectivity index is 1.43. The smallest absolute Gasteiger partial charge is 0.307 e. The Hall–Kier alpha value is -3.23. The zero-order valence-electron chi connectivity index (χ0n) is 18.0. The number of fused-ring (bicyclic) bond motifs is 2. The molecule has 0 aliphatic carbocycles. The van der Waals surface area contributed by atoms with Crippen LogP contribution in [0.3, 0.4) is 0 Å². The third kappa shape index (κ3) is 4.19. The van der Waals surface area contributed by atoms with E-state index in [0.717, 1.165) is 36.5 Å². The number of para-hydroxylation sites is 1. The molecular weight excluding hydrogens is 565 g/mol. The second-order valence-corrected chi connectivity index (χ2v) is 9.58. The molecule has 8 heteroatoms. The van der Waals surface area contributed by atoms with Crippen LogP contribution in [-0.4, -0.2) is 16.7 Å². The van der Waals surface area contributed by atoms with E-state index in [1.165, 1.54) is 6.07 Å². The number of carbonyl (C=O) groups is 1. The first-order valence-corrected chi connectivity index (χ1v) is 12.0. The fourth-order valence-electron chi connectivity index (χ4n) is 4.02. The van der Waals surface area contributed by atoms with Crippen molar-refractivity contribution in [3.8, 4) is 0 Å². The van der Waals surface area contributed by atoms with Gasteiger partial charge in [-0.3, -0.25) is 4.79 Å². The molecule has 5 aromatic rings. The van der Waals surface area contributed by atoms with Gasteiger partial charge < -0.3 is 8.98 Å². The van der Waals surface area contributed by atoms with Crippen molar-refractivity contribution >= 4 is 65.9 Å². The number of hydrogen-bond acceptors (Lipinski definition) is 3. The highest BCUT2D eigenvalue weighted by atomic mass is 79.9. The monoisotopic (exact) mass is 581 g/mol. The van der Waals surface area contributed by atoms with Crippen LogP contribution in [0.5, 0.6) is 0 Å². The summed E-state index contributed by atoms with van der Waals surface area (Å²) in [4.78, 5) is 12.6. The molecule has 5 nitrogen and oxygen atoms in total. The van der Waals surface area contributed by atoms with Crippen molar-refractivity contribution in [2.75, 3.05) is 0 Å². The van der Waals surface area contributed by atoms with Crippen molar-refractivity contribution in [2.45, 2.75) is 13.5 Å². The van der Waals surface area contributed by atoms with E-state index in [0.29, 0.717) is 17.7 Å². The van der Waals surface area contributed by atoms with Crippen LogP contribution >= 0.6 is 31.9 Å². The van der Waals surface area contributed by atoms with Crippen molar-refractivity contribution in [3.05, 3.63) is 104 Å². The summed E-state index contributed by atoms with van der Waals surface area (Å²) in [7, 11) is 0. The van der Waals surface area contributed by atoms with Crippen LogP contribution in [0.2, 0.25) is 0 Å². The second-order valence-electron chi connectivity index (χ2n) is 7.81. The van der Waals surface area contributed by atoms with Crippen molar-refractivity contribution in [1.29, 1.82) is 0 Å². The normalized spacial score (nSPS) is 11.6. The molecule has 0 bridgehead atoms. The van der Waals surface area contributed by atoms with Gasteiger partial charge in [-0.05, 0) is 53.2 Å². The number of nitrogens with one attached hydrogen (secondary N) is 1. The average Bonchev–Trinajstić information content (AvgIpc) is 3.36. The molecule has 0 aliphatic rings. The minimum Gasteiger partial charge on any atom is -0.450 e. The first-order valence-electron chi connectivity index (χ1n) is 10.5. The number of carbonyl (C=O) groups excluding carboxylic acids is 1. The Labute approximate surface area is 211 Å². The standard InChI is InChI=1S/C26H18Br2FN3O2/c1-15-20(13-30-31-26(33)24-11-17-10-18(27)12-21(28)25(17)34-24)19-7-3-5-9-23(19)32(15)14-16-6-2-4-8-22(16)29/h2-13H,14H2,1H3,(H,31,33)/b30-13-. The minimum absolute atomic E-state index is 0.157. The first-order chi connectivity index (χ1) is 16.4. The molecule has 34 heavy (non-hydrogen) atoms. The average molecular weight is 583 g/mol. The van der Waals surface area contributed by atoms with Crippen LogP contribution in [0.15, 0.2) is 85.2 Å². The molecule has 0 atom stereocenters. The van der Waals surface area contributed by atoms with E-state index in [9.17, 15) is 9.18 Å². The Kier molecular flexibility index (Phi) is 6.10. The van der Waals surface area contributed by atoms with Gasteiger partial charge in [0.2, 0.25) is 0 Å².